The van der Waals surface area contributed by atoms with Crippen molar-refractivity contribution in [2.45, 2.75) is 33.0 Å². The lowest BCUT2D eigenvalue weighted by atomic mass is 10.3. The van der Waals surface area contributed by atoms with E-state index in [1.165, 1.54) is 0 Å². The Kier molecular flexibility index (Phi) is 5.82. The predicted octanol–water partition coefficient (Wildman–Crippen LogP) is 3.49. The molecule has 2 aromatic rings. The van der Waals surface area contributed by atoms with E-state index in [0.29, 0.717) is 17.6 Å². The molecule has 2 aromatic heterocycles. The molecule has 25 heavy (non-hydrogen) atoms. The zero-order chi connectivity index (χ0) is 18.9. The van der Waals surface area contributed by atoms with Gasteiger partial charge in [-0.1, -0.05) is 11.6 Å². The van der Waals surface area contributed by atoms with E-state index in [1.54, 1.807) is 4.68 Å². The molecule has 0 fully saturated rings. The topological polar surface area (TPSA) is 64.7 Å². The molecule has 11 heteroatoms. The third-order valence-corrected chi connectivity index (χ3v) is 5.10. The van der Waals surface area contributed by atoms with Crippen molar-refractivity contribution in [1.82, 2.24) is 24.9 Å². The fraction of sp³-hybridized carbons (Fsp3) is 0.500. The molecule has 0 aliphatic carbocycles. The van der Waals surface area contributed by atoms with Crippen LogP contribution < -0.4 is 5.32 Å². The standard InChI is InChI=1S/C14H16BrClF3N5O/c1-7-9(15)8(2)24(21-7)6-4-5-20-13(25)11-10(16)12(14(17,18)19)23(3)22-11/h4-6H2,1-3H3,(H,20,25). The molecular formula is C14H16BrClF3N5O. The number of amides is 1. The first-order valence-electron chi connectivity index (χ1n) is 7.31. The fourth-order valence-corrected chi connectivity index (χ4v) is 3.00. The molecule has 0 saturated heterocycles. The van der Waals surface area contributed by atoms with Crippen LogP contribution in [0.1, 0.15) is 34.0 Å². The van der Waals surface area contributed by atoms with Gasteiger partial charge < -0.3 is 5.32 Å². The number of aromatic nitrogens is 4. The van der Waals surface area contributed by atoms with Crippen molar-refractivity contribution in [2.75, 3.05) is 6.54 Å². The molecule has 0 aromatic carbocycles. The number of nitrogens with one attached hydrogen (secondary N) is 1. The van der Waals surface area contributed by atoms with Gasteiger partial charge in [-0.15, -0.1) is 0 Å². The second-order valence-corrected chi connectivity index (χ2v) is 6.62. The second kappa shape index (κ2) is 7.36. The van der Waals surface area contributed by atoms with Crippen molar-refractivity contribution in [3.8, 4) is 0 Å². The Morgan fingerprint density at radius 2 is 1.96 bits per heavy atom. The third kappa shape index (κ3) is 4.17. The molecule has 2 rings (SSSR count). The molecule has 0 atom stereocenters. The van der Waals surface area contributed by atoms with Crippen LogP contribution in [-0.2, 0) is 19.8 Å². The van der Waals surface area contributed by atoms with Crippen molar-refractivity contribution >= 4 is 33.4 Å². The highest BCUT2D eigenvalue weighted by Crippen LogP contribution is 2.35. The van der Waals surface area contributed by atoms with E-state index in [4.69, 9.17) is 11.6 Å². The number of hydrogen-bond acceptors (Lipinski definition) is 3. The van der Waals surface area contributed by atoms with Gasteiger partial charge in [0.05, 0.1) is 10.2 Å². The van der Waals surface area contributed by atoms with Gasteiger partial charge in [-0.25, -0.2) is 0 Å². The Morgan fingerprint density at radius 1 is 1.32 bits per heavy atom. The molecule has 6 nitrogen and oxygen atoms in total. The van der Waals surface area contributed by atoms with E-state index in [0.717, 1.165) is 22.9 Å². The number of halogens is 5. The molecule has 0 spiro atoms. The van der Waals surface area contributed by atoms with Crippen molar-refractivity contribution in [3.05, 3.63) is 32.3 Å². The van der Waals surface area contributed by atoms with Gasteiger partial charge >= 0.3 is 6.18 Å². The van der Waals surface area contributed by atoms with Crippen LogP contribution in [0.25, 0.3) is 0 Å². The summed E-state index contributed by atoms with van der Waals surface area (Å²) < 4.78 is 41.9. The maximum absolute atomic E-state index is 12.9. The molecule has 0 aliphatic heterocycles. The Bertz CT molecular complexity index is 799. The summed E-state index contributed by atoms with van der Waals surface area (Å²) in [4.78, 5) is 12.0. The SMILES string of the molecule is Cc1nn(CCCNC(=O)c2nn(C)c(C(F)(F)F)c2Cl)c(C)c1Br. The second-order valence-electron chi connectivity index (χ2n) is 5.45. The monoisotopic (exact) mass is 441 g/mol. The average Bonchev–Trinajstić information content (AvgIpc) is 2.94. The maximum atomic E-state index is 12.9. The molecule has 1 amide bonds. The van der Waals surface area contributed by atoms with Crippen molar-refractivity contribution in [1.29, 1.82) is 0 Å². The van der Waals surface area contributed by atoms with Crippen molar-refractivity contribution in [3.63, 3.8) is 0 Å². The molecule has 138 valence electrons. The number of rotatable bonds is 5. The van der Waals surface area contributed by atoms with Crippen LogP contribution in [0.15, 0.2) is 4.47 Å². The van der Waals surface area contributed by atoms with Crippen LogP contribution in [0, 0.1) is 13.8 Å². The summed E-state index contributed by atoms with van der Waals surface area (Å²) in [6.45, 7) is 4.59. The first-order valence-corrected chi connectivity index (χ1v) is 8.48. The van der Waals surface area contributed by atoms with Crippen molar-refractivity contribution in [2.24, 2.45) is 7.05 Å². The summed E-state index contributed by atoms with van der Waals surface area (Å²) in [5, 5.41) is 9.73. The molecule has 2 heterocycles. The summed E-state index contributed by atoms with van der Waals surface area (Å²) >= 11 is 9.10. The quantitative estimate of drug-likeness (QED) is 0.721. The molecule has 0 radical (unpaired) electrons. The number of nitrogens with zero attached hydrogens (tertiary/aromatic N) is 4. The van der Waals surface area contributed by atoms with Gasteiger partial charge in [0.25, 0.3) is 5.91 Å². The van der Waals surface area contributed by atoms with Gasteiger partial charge in [0.15, 0.2) is 11.4 Å². The minimum absolute atomic E-state index is 0.253. The molecule has 0 unspecified atom stereocenters. The van der Waals surface area contributed by atoms with E-state index < -0.39 is 28.5 Å². The van der Waals surface area contributed by atoms with E-state index >= 15 is 0 Å². The molecule has 0 bridgehead atoms. The van der Waals surface area contributed by atoms with Gasteiger partial charge in [0.1, 0.15) is 5.02 Å². The minimum atomic E-state index is -4.68. The largest absolute Gasteiger partial charge is 0.434 e. The molecular weight excluding hydrogens is 427 g/mol. The highest BCUT2D eigenvalue weighted by Gasteiger charge is 2.39. The zero-order valence-corrected chi connectivity index (χ0v) is 16.1. The third-order valence-electron chi connectivity index (χ3n) is 3.60. The Hall–Kier alpha value is -1.55. The van der Waals surface area contributed by atoms with Crippen LogP contribution in [0.4, 0.5) is 13.2 Å². The maximum Gasteiger partial charge on any atom is 0.434 e. The lowest BCUT2D eigenvalue weighted by molar-refractivity contribution is -0.143. The van der Waals surface area contributed by atoms with E-state index in [-0.39, 0.29) is 6.54 Å². The number of carbonyl (C=O) groups excluding carboxylic acids is 1. The van der Waals surface area contributed by atoms with E-state index in [2.05, 4.69) is 31.4 Å². The number of aryl methyl sites for hydroxylation is 3. The predicted molar refractivity (Wildman–Crippen MR) is 89.6 cm³/mol. The van der Waals surface area contributed by atoms with Gasteiger partial charge in [-0.05, 0) is 36.2 Å². The smallest absolute Gasteiger partial charge is 0.351 e. The Labute approximate surface area is 155 Å². The normalized spacial score (nSPS) is 11.8. The first-order chi connectivity index (χ1) is 11.5. The number of carbonyl (C=O) groups is 1. The Balaban J connectivity index is 1.96. The van der Waals surface area contributed by atoms with Crippen molar-refractivity contribution < 1.29 is 18.0 Å². The molecule has 0 saturated carbocycles. The van der Waals surface area contributed by atoms with E-state index in [1.807, 2.05) is 13.8 Å². The molecule has 0 aliphatic rings. The Morgan fingerprint density at radius 3 is 2.44 bits per heavy atom. The van der Waals surface area contributed by atoms with Crippen LogP contribution in [0.5, 0.6) is 0 Å². The number of alkyl halides is 3. The zero-order valence-electron chi connectivity index (χ0n) is 13.7. The molecule has 1 N–H and O–H groups in total. The van der Waals surface area contributed by atoms with E-state index in [9.17, 15) is 18.0 Å². The van der Waals surface area contributed by atoms with Gasteiger partial charge in [0, 0.05) is 25.8 Å². The fourth-order valence-electron chi connectivity index (χ4n) is 2.36. The van der Waals surface area contributed by atoms with Crippen LogP contribution in [0.2, 0.25) is 5.02 Å². The summed E-state index contributed by atoms with van der Waals surface area (Å²) in [7, 11) is 1.09. The minimum Gasteiger partial charge on any atom is -0.351 e. The highest BCUT2D eigenvalue weighted by atomic mass is 79.9. The van der Waals surface area contributed by atoms with Gasteiger partial charge in [0.2, 0.25) is 0 Å². The lowest BCUT2D eigenvalue weighted by Gasteiger charge is -2.07. The first kappa shape index (κ1) is 19.8. The number of hydrogen-bond donors (Lipinski definition) is 1. The van der Waals surface area contributed by atoms with Gasteiger partial charge in [-0.2, -0.15) is 23.4 Å². The van der Waals surface area contributed by atoms with Gasteiger partial charge in [-0.3, -0.25) is 14.2 Å². The highest BCUT2D eigenvalue weighted by molar-refractivity contribution is 9.10. The van der Waals surface area contributed by atoms with Crippen LogP contribution in [-0.4, -0.2) is 32.0 Å². The summed E-state index contributed by atoms with van der Waals surface area (Å²) in [5.74, 6) is -0.745. The lowest BCUT2D eigenvalue weighted by Crippen LogP contribution is -2.26. The summed E-state index contributed by atoms with van der Waals surface area (Å²) in [6.07, 6.45) is -4.13. The summed E-state index contributed by atoms with van der Waals surface area (Å²) in [6, 6.07) is 0. The van der Waals surface area contributed by atoms with Crippen LogP contribution in [0.3, 0.4) is 0 Å². The average molecular weight is 443 g/mol. The summed E-state index contributed by atoms with van der Waals surface area (Å²) in [5.41, 5.74) is 0.241. The van der Waals surface area contributed by atoms with Crippen LogP contribution >= 0.6 is 27.5 Å².